The predicted octanol–water partition coefficient (Wildman–Crippen LogP) is 1.66. The van der Waals surface area contributed by atoms with E-state index in [4.69, 9.17) is 0 Å². The molecule has 0 radical (unpaired) electrons. The summed E-state index contributed by atoms with van der Waals surface area (Å²) in [7, 11) is 0. The molecule has 1 heterocycles. The van der Waals surface area contributed by atoms with Crippen LogP contribution in [0.4, 0.5) is 0 Å². The number of nitrogens with zero attached hydrogens (tertiary/aromatic N) is 1. The van der Waals surface area contributed by atoms with E-state index < -0.39 is 12.2 Å². The van der Waals surface area contributed by atoms with E-state index in [1.54, 1.807) is 12.3 Å². The fourth-order valence-electron chi connectivity index (χ4n) is 2.12. The number of rotatable bonds is 0. The normalized spacial score (nSPS) is 23.4. The number of fused-ring (bicyclic) bond motifs is 3. The first kappa shape index (κ1) is 9.51. The number of aliphatic hydroxyl groups is 2. The lowest BCUT2D eigenvalue weighted by molar-refractivity contribution is 0.0471. The van der Waals surface area contributed by atoms with E-state index in [-0.39, 0.29) is 0 Å². The molecule has 1 aromatic heterocycles. The molecule has 16 heavy (non-hydrogen) atoms. The summed E-state index contributed by atoms with van der Waals surface area (Å²) in [6, 6.07) is 7.52. The molecule has 0 fully saturated rings. The molecule has 3 nitrogen and oxygen atoms in total. The zero-order valence-corrected chi connectivity index (χ0v) is 8.54. The first-order valence-electron chi connectivity index (χ1n) is 5.19. The Labute approximate surface area is 92.7 Å². The SMILES string of the molecule is O[C@@H]1C=Cc2c(ccc3ncccc23)[C@H]1O. The van der Waals surface area contributed by atoms with Crippen LogP contribution in [0.2, 0.25) is 0 Å². The fourth-order valence-corrected chi connectivity index (χ4v) is 2.12. The van der Waals surface area contributed by atoms with Gasteiger partial charge in [0, 0.05) is 11.6 Å². The van der Waals surface area contributed by atoms with Crippen LogP contribution in [0, 0.1) is 0 Å². The van der Waals surface area contributed by atoms with Crippen LogP contribution < -0.4 is 0 Å². The highest BCUT2D eigenvalue weighted by Gasteiger charge is 2.23. The van der Waals surface area contributed by atoms with E-state index in [2.05, 4.69) is 4.98 Å². The van der Waals surface area contributed by atoms with Crippen LogP contribution in [0.5, 0.6) is 0 Å². The van der Waals surface area contributed by atoms with Gasteiger partial charge in [-0.1, -0.05) is 24.3 Å². The van der Waals surface area contributed by atoms with Crippen molar-refractivity contribution in [1.82, 2.24) is 4.98 Å². The molecular weight excluding hydrogens is 202 g/mol. The number of hydrogen-bond donors (Lipinski definition) is 2. The molecule has 3 rings (SSSR count). The molecule has 0 spiro atoms. The summed E-state index contributed by atoms with van der Waals surface area (Å²) >= 11 is 0. The quantitative estimate of drug-likeness (QED) is 0.699. The number of benzene rings is 1. The van der Waals surface area contributed by atoms with E-state index >= 15 is 0 Å². The third-order valence-corrected chi connectivity index (χ3v) is 2.96. The molecule has 1 aliphatic carbocycles. The van der Waals surface area contributed by atoms with Crippen LogP contribution in [0.1, 0.15) is 17.2 Å². The Balaban J connectivity index is 2.34. The van der Waals surface area contributed by atoms with Gasteiger partial charge in [-0.25, -0.2) is 0 Å². The highest BCUT2D eigenvalue weighted by Crippen LogP contribution is 2.32. The number of aliphatic hydroxyl groups excluding tert-OH is 2. The van der Waals surface area contributed by atoms with Crippen LogP contribution in [0.15, 0.2) is 36.5 Å². The van der Waals surface area contributed by atoms with Crippen molar-refractivity contribution in [2.24, 2.45) is 0 Å². The van der Waals surface area contributed by atoms with Crippen molar-refractivity contribution in [3.05, 3.63) is 47.7 Å². The van der Waals surface area contributed by atoms with Gasteiger partial charge in [0.05, 0.1) is 5.52 Å². The number of hydrogen-bond acceptors (Lipinski definition) is 3. The van der Waals surface area contributed by atoms with Gasteiger partial charge in [-0.15, -0.1) is 0 Å². The Morgan fingerprint density at radius 1 is 1.12 bits per heavy atom. The molecule has 0 saturated heterocycles. The van der Waals surface area contributed by atoms with Crippen molar-refractivity contribution in [3.63, 3.8) is 0 Å². The van der Waals surface area contributed by atoms with Gasteiger partial charge >= 0.3 is 0 Å². The van der Waals surface area contributed by atoms with E-state index in [1.807, 2.05) is 30.3 Å². The van der Waals surface area contributed by atoms with E-state index in [1.165, 1.54) is 0 Å². The zero-order valence-electron chi connectivity index (χ0n) is 8.54. The standard InChI is InChI=1S/C13H11NO2/c15-12-6-4-8-9-2-1-7-14-11(9)5-3-10(8)13(12)16/h1-7,12-13,15-16H/t12-,13-/m1/s1. The van der Waals surface area contributed by atoms with Crippen LogP contribution in [0.25, 0.3) is 17.0 Å². The Bertz CT molecular complexity index is 577. The first-order chi connectivity index (χ1) is 7.77. The van der Waals surface area contributed by atoms with Crippen molar-refractivity contribution in [2.45, 2.75) is 12.2 Å². The average molecular weight is 213 g/mol. The maximum atomic E-state index is 9.87. The molecule has 0 unspecified atom stereocenters. The third-order valence-electron chi connectivity index (χ3n) is 2.96. The van der Waals surface area contributed by atoms with Crippen LogP contribution in [0.3, 0.4) is 0 Å². The average Bonchev–Trinajstić information content (AvgIpc) is 2.33. The maximum absolute atomic E-state index is 9.87. The van der Waals surface area contributed by atoms with Crippen LogP contribution >= 0.6 is 0 Å². The minimum Gasteiger partial charge on any atom is -0.386 e. The van der Waals surface area contributed by atoms with Gasteiger partial charge in [-0.2, -0.15) is 0 Å². The minimum atomic E-state index is -0.843. The molecule has 80 valence electrons. The highest BCUT2D eigenvalue weighted by atomic mass is 16.3. The first-order valence-corrected chi connectivity index (χ1v) is 5.19. The van der Waals surface area contributed by atoms with Crippen LogP contribution in [-0.4, -0.2) is 21.3 Å². The summed E-state index contributed by atoms with van der Waals surface area (Å²) in [5.41, 5.74) is 2.60. The molecule has 2 atom stereocenters. The lowest BCUT2D eigenvalue weighted by Crippen LogP contribution is -2.19. The molecule has 1 aromatic carbocycles. The Hall–Kier alpha value is -1.71. The van der Waals surface area contributed by atoms with Gasteiger partial charge in [0.25, 0.3) is 0 Å². The second-order valence-corrected chi connectivity index (χ2v) is 3.93. The Morgan fingerprint density at radius 2 is 2.00 bits per heavy atom. The van der Waals surface area contributed by atoms with E-state index in [0.717, 1.165) is 22.0 Å². The molecule has 0 aliphatic heterocycles. The molecular formula is C13H11NO2. The van der Waals surface area contributed by atoms with Crippen molar-refractivity contribution in [2.75, 3.05) is 0 Å². The molecule has 0 saturated carbocycles. The van der Waals surface area contributed by atoms with E-state index in [9.17, 15) is 10.2 Å². The van der Waals surface area contributed by atoms with E-state index in [0.29, 0.717) is 0 Å². The smallest absolute Gasteiger partial charge is 0.109 e. The highest BCUT2D eigenvalue weighted by molar-refractivity contribution is 5.90. The summed E-state index contributed by atoms with van der Waals surface area (Å²) in [6.45, 7) is 0. The fraction of sp³-hybridized carbons (Fsp3) is 0.154. The molecule has 2 aromatic rings. The van der Waals surface area contributed by atoms with Crippen molar-refractivity contribution in [1.29, 1.82) is 0 Å². The maximum Gasteiger partial charge on any atom is 0.109 e. The number of pyridine rings is 1. The zero-order chi connectivity index (χ0) is 11.1. The second-order valence-electron chi connectivity index (χ2n) is 3.93. The van der Waals surface area contributed by atoms with Crippen molar-refractivity contribution in [3.8, 4) is 0 Å². The monoisotopic (exact) mass is 213 g/mol. The summed E-state index contributed by atoms with van der Waals surface area (Å²) in [5, 5.41) is 20.4. The Kier molecular flexibility index (Phi) is 2.02. The third kappa shape index (κ3) is 1.26. The summed E-state index contributed by atoms with van der Waals surface area (Å²) in [5.74, 6) is 0. The van der Waals surface area contributed by atoms with Gasteiger partial charge in [0.2, 0.25) is 0 Å². The molecule has 0 bridgehead atoms. The lowest BCUT2D eigenvalue weighted by atomic mass is 9.90. The summed E-state index contributed by atoms with van der Waals surface area (Å²) in [6.07, 6.45) is 3.54. The second kappa shape index (κ2) is 3.40. The van der Waals surface area contributed by atoms with Crippen molar-refractivity contribution < 1.29 is 10.2 Å². The van der Waals surface area contributed by atoms with Gasteiger partial charge in [-0.05, 0) is 23.3 Å². The van der Waals surface area contributed by atoms with Gasteiger partial charge in [0.15, 0.2) is 0 Å². The summed E-state index contributed by atoms with van der Waals surface area (Å²) < 4.78 is 0. The molecule has 2 N–H and O–H groups in total. The minimum absolute atomic E-state index is 0.760. The topological polar surface area (TPSA) is 53.4 Å². The predicted molar refractivity (Wildman–Crippen MR) is 61.7 cm³/mol. The van der Waals surface area contributed by atoms with Gasteiger partial charge in [-0.3, -0.25) is 4.98 Å². The molecule has 1 aliphatic rings. The van der Waals surface area contributed by atoms with Gasteiger partial charge < -0.3 is 10.2 Å². The van der Waals surface area contributed by atoms with Crippen molar-refractivity contribution >= 4 is 17.0 Å². The summed E-state index contributed by atoms with van der Waals surface area (Å²) in [4.78, 5) is 4.26. The molecule has 0 amide bonds. The van der Waals surface area contributed by atoms with Crippen LogP contribution in [-0.2, 0) is 0 Å². The Morgan fingerprint density at radius 3 is 2.88 bits per heavy atom. The van der Waals surface area contributed by atoms with Gasteiger partial charge in [0.1, 0.15) is 12.2 Å². The molecule has 3 heteroatoms. The lowest BCUT2D eigenvalue weighted by Gasteiger charge is -2.22. The largest absolute Gasteiger partial charge is 0.386 e. The number of aromatic nitrogens is 1.